The van der Waals surface area contributed by atoms with E-state index in [2.05, 4.69) is 0 Å². The molecule has 21 heavy (non-hydrogen) atoms. The summed E-state index contributed by atoms with van der Waals surface area (Å²) in [4.78, 5) is 13.8. The molecular weight excluding hydrogens is 308 g/mol. The average molecular weight is 324 g/mol. The lowest BCUT2D eigenvalue weighted by Crippen LogP contribution is -2.50. The maximum absolute atomic E-state index is 12.4. The Morgan fingerprint density at radius 2 is 2.10 bits per heavy atom. The number of nitrogens with zero attached hydrogens (tertiary/aromatic N) is 2. The fourth-order valence-electron chi connectivity index (χ4n) is 2.19. The summed E-state index contributed by atoms with van der Waals surface area (Å²) >= 11 is 1.55. The molecule has 0 spiro atoms. The van der Waals surface area contributed by atoms with E-state index >= 15 is 0 Å². The fourth-order valence-corrected chi connectivity index (χ4v) is 5.03. The van der Waals surface area contributed by atoms with Gasteiger partial charge in [-0.1, -0.05) is 12.1 Å². The molecule has 1 aromatic carbocycles. The molecule has 1 aromatic rings. The number of sulfone groups is 1. The van der Waals surface area contributed by atoms with Crippen LogP contribution in [0.4, 0.5) is 0 Å². The summed E-state index contributed by atoms with van der Waals surface area (Å²) in [5, 5.41) is 8.01. The highest BCUT2D eigenvalue weighted by atomic mass is 32.2. The lowest BCUT2D eigenvalue weighted by Gasteiger charge is -2.34. The van der Waals surface area contributed by atoms with Crippen LogP contribution >= 0.6 is 11.8 Å². The third-order valence-electron chi connectivity index (χ3n) is 3.34. The zero-order valence-corrected chi connectivity index (χ0v) is 13.3. The molecule has 1 aliphatic heterocycles. The van der Waals surface area contributed by atoms with Gasteiger partial charge in [0, 0.05) is 24.3 Å². The van der Waals surface area contributed by atoms with Crippen molar-refractivity contribution >= 4 is 27.5 Å². The molecule has 1 fully saturated rings. The van der Waals surface area contributed by atoms with Gasteiger partial charge in [0.25, 0.3) is 0 Å². The van der Waals surface area contributed by atoms with Crippen molar-refractivity contribution in [1.29, 1.82) is 5.26 Å². The quantitative estimate of drug-likeness (QED) is 0.830. The number of thioether (sulfide) groups is 1. The first kappa shape index (κ1) is 15.9. The minimum Gasteiger partial charge on any atom is -0.324 e. The van der Waals surface area contributed by atoms with Gasteiger partial charge in [-0.05, 0) is 17.7 Å². The Morgan fingerprint density at radius 1 is 1.43 bits per heavy atom. The van der Waals surface area contributed by atoms with Gasteiger partial charge >= 0.3 is 0 Å². The molecule has 0 bridgehead atoms. The number of carbonyl (C=O) groups excluding carboxylic acids is 1. The van der Waals surface area contributed by atoms with Crippen LogP contribution in [-0.2, 0) is 21.1 Å². The topological polar surface area (TPSA) is 78.2 Å². The summed E-state index contributed by atoms with van der Waals surface area (Å²) in [6, 6.07) is 8.78. The Kier molecular flexibility index (Phi) is 4.91. The van der Waals surface area contributed by atoms with Gasteiger partial charge < -0.3 is 4.90 Å². The van der Waals surface area contributed by atoms with E-state index in [-0.39, 0.29) is 12.3 Å². The molecule has 5 nitrogen and oxygen atoms in total. The van der Waals surface area contributed by atoms with Gasteiger partial charge in [0.05, 0.1) is 18.1 Å². The summed E-state index contributed by atoms with van der Waals surface area (Å²) in [5.74, 6) is 0.999. The zero-order chi connectivity index (χ0) is 15.5. The van der Waals surface area contributed by atoms with Crippen molar-refractivity contribution in [2.45, 2.75) is 11.8 Å². The minimum atomic E-state index is -3.28. The molecule has 112 valence electrons. The van der Waals surface area contributed by atoms with Gasteiger partial charge in [0.15, 0.2) is 9.84 Å². The zero-order valence-electron chi connectivity index (χ0n) is 11.7. The highest BCUT2D eigenvalue weighted by Crippen LogP contribution is 2.21. The standard InChI is InChI=1S/C14H16N2O3S2/c1-21(18,19)14-10-20-7-6-16(14)13(17)8-11-2-4-12(9-15)5-3-11/h2-5,14H,6-8,10H2,1H3. The van der Waals surface area contributed by atoms with E-state index in [4.69, 9.17) is 5.26 Å². The maximum atomic E-state index is 12.4. The Bertz CT molecular complexity index is 662. The summed E-state index contributed by atoms with van der Waals surface area (Å²) in [6.07, 6.45) is 1.33. The number of hydrogen-bond donors (Lipinski definition) is 0. The van der Waals surface area contributed by atoms with Crippen LogP contribution in [0, 0.1) is 11.3 Å². The highest BCUT2D eigenvalue weighted by Gasteiger charge is 2.33. The number of benzene rings is 1. The van der Waals surface area contributed by atoms with E-state index in [0.717, 1.165) is 11.3 Å². The highest BCUT2D eigenvalue weighted by molar-refractivity contribution is 8.00. The molecule has 1 aliphatic rings. The van der Waals surface area contributed by atoms with E-state index in [9.17, 15) is 13.2 Å². The molecule has 1 unspecified atom stereocenters. The predicted molar refractivity (Wildman–Crippen MR) is 82.5 cm³/mol. The smallest absolute Gasteiger partial charge is 0.228 e. The Balaban J connectivity index is 2.12. The van der Waals surface area contributed by atoms with Crippen LogP contribution in [-0.4, -0.2) is 48.9 Å². The van der Waals surface area contributed by atoms with Crippen LogP contribution in [0.1, 0.15) is 11.1 Å². The second-order valence-electron chi connectivity index (χ2n) is 4.93. The molecule has 1 atom stereocenters. The Labute approximate surface area is 128 Å². The van der Waals surface area contributed by atoms with Gasteiger partial charge in [-0.15, -0.1) is 0 Å². The van der Waals surface area contributed by atoms with Crippen molar-refractivity contribution in [2.75, 3.05) is 24.3 Å². The lowest BCUT2D eigenvalue weighted by molar-refractivity contribution is -0.130. The summed E-state index contributed by atoms with van der Waals surface area (Å²) in [5.41, 5.74) is 1.32. The van der Waals surface area contributed by atoms with Crippen LogP contribution < -0.4 is 0 Å². The average Bonchev–Trinajstić information content (AvgIpc) is 2.47. The first-order valence-corrected chi connectivity index (χ1v) is 9.58. The second kappa shape index (κ2) is 6.50. The van der Waals surface area contributed by atoms with Gasteiger partial charge in [0.1, 0.15) is 5.37 Å². The van der Waals surface area contributed by atoms with Crippen molar-refractivity contribution in [1.82, 2.24) is 4.90 Å². The van der Waals surface area contributed by atoms with Crippen molar-refractivity contribution in [2.24, 2.45) is 0 Å². The van der Waals surface area contributed by atoms with Gasteiger partial charge in [0.2, 0.25) is 5.91 Å². The molecule has 2 rings (SSSR count). The first-order chi connectivity index (χ1) is 9.91. The fraction of sp³-hybridized carbons (Fsp3) is 0.429. The van der Waals surface area contributed by atoms with Crippen molar-refractivity contribution < 1.29 is 13.2 Å². The second-order valence-corrected chi connectivity index (χ2v) is 8.28. The van der Waals surface area contributed by atoms with Crippen LogP contribution in [0.15, 0.2) is 24.3 Å². The number of rotatable bonds is 3. The number of hydrogen-bond acceptors (Lipinski definition) is 5. The third kappa shape index (κ3) is 3.99. The molecule has 7 heteroatoms. The molecule has 0 N–H and O–H groups in total. The first-order valence-electron chi connectivity index (χ1n) is 6.47. The predicted octanol–water partition coefficient (Wildman–Crippen LogP) is 1.05. The van der Waals surface area contributed by atoms with Crippen LogP contribution in [0.25, 0.3) is 0 Å². The Hall–Kier alpha value is -1.52. The van der Waals surface area contributed by atoms with Gasteiger partial charge in [-0.2, -0.15) is 17.0 Å². The molecular formula is C14H16N2O3S2. The van der Waals surface area contributed by atoms with Crippen molar-refractivity contribution in [3.8, 4) is 6.07 Å². The maximum Gasteiger partial charge on any atom is 0.228 e. The number of amides is 1. The molecule has 0 saturated carbocycles. The SMILES string of the molecule is CS(=O)(=O)C1CSCCN1C(=O)Cc1ccc(C#N)cc1. The molecule has 0 aliphatic carbocycles. The normalized spacial score (nSPS) is 19.0. The van der Waals surface area contributed by atoms with Crippen LogP contribution in [0.2, 0.25) is 0 Å². The summed E-state index contributed by atoms with van der Waals surface area (Å²) in [6.45, 7) is 0.456. The van der Waals surface area contributed by atoms with Crippen molar-refractivity contribution in [3.05, 3.63) is 35.4 Å². The molecule has 1 amide bonds. The third-order valence-corrected chi connectivity index (χ3v) is 5.98. The molecule has 0 radical (unpaired) electrons. The molecule has 1 heterocycles. The molecule has 1 saturated heterocycles. The van der Waals surface area contributed by atoms with E-state index in [1.165, 1.54) is 11.2 Å². The van der Waals surface area contributed by atoms with Gasteiger partial charge in [-0.3, -0.25) is 4.79 Å². The van der Waals surface area contributed by atoms with E-state index in [1.807, 2.05) is 6.07 Å². The monoisotopic (exact) mass is 324 g/mol. The lowest BCUT2D eigenvalue weighted by atomic mass is 10.1. The van der Waals surface area contributed by atoms with Gasteiger partial charge in [-0.25, -0.2) is 8.42 Å². The molecule has 0 aromatic heterocycles. The van der Waals surface area contributed by atoms with E-state index in [0.29, 0.717) is 17.9 Å². The van der Waals surface area contributed by atoms with E-state index in [1.54, 1.807) is 36.0 Å². The summed E-state index contributed by atoms with van der Waals surface area (Å²) < 4.78 is 23.6. The van der Waals surface area contributed by atoms with Crippen LogP contribution in [0.3, 0.4) is 0 Å². The van der Waals surface area contributed by atoms with Crippen molar-refractivity contribution in [3.63, 3.8) is 0 Å². The van der Waals surface area contributed by atoms with E-state index < -0.39 is 15.2 Å². The minimum absolute atomic E-state index is 0.155. The number of nitriles is 1. The summed E-state index contributed by atoms with van der Waals surface area (Å²) in [7, 11) is -3.28. The largest absolute Gasteiger partial charge is 0.324 e. The van der Waals surface area contributed by atoms with Crippen LogP contribution in [0.5, 0.6) is 0 Å². The Morgan fingerprint density at radius 3 is 2.67 bits per heavy atom. The number of carbonyl (C=O) groups is 1.